The molecule has 2 amide bonds. The van der Waals surface area contributed by atoms with Crippen LogP contribution in [0.5, 0.6) is 0 Å². The van der Waals surface area contributed by atoms with Crippen LogP contribution in [0.25, 0.3) is 0 Å². The Morgan fingerprint density at radius 1 is 1.50 bits per heavy atom. The molecule has 8 heteroatoms. The molecular weight excluding hydrogens is 332 g/mol. The second kappa shape index (κ2) is 6.52. The third kappa shape index (κ3) is 2.91. The minimum Gasteiger partial charge on any atom is -0.481 e. The van der Waals surface area contributed by atoms with Crippen molar-refractivity contribution in [3.05, 3.63) is 22.4 Å². The third-order valence-electron chi connectivity index (χ3n) is 4.91. The molecule has 0 saturated carbocycles. The molecule has 0 aromatic carbocycles. The number of hydrogen-bond donors (Lipinski definition) is 2. The Bertz CT molecular complexity index is 647. The Hall–Kier alpha value is -1.93. The molecule has 1 unspecified atom stereocenters. The Morgan fingerprint density at radius 2 is 2.29 bits per heavy atom. The maximum atomic E-state index is 12.6. The number of carboxylic acid groups (broad SMARTS) is 1. The molecule has 130 valence electrons. The van der Waals surface area contributed by atoms with Gasteiger partial charge in [-0.25, -0.2) is 0 Å². The van der Waals surface area contributed by atoms with Gasteiger partial charge in [-0.1, -0.05) is 6.07 Å². The molecule has 3 heterocycles. The van der Waals surface area contributed by atoms with E-state index in [0.29, 0.717) is 31.1 Å². The summed E-state index contributed by atoms with van der Waals surface area (Å²) in [6, 6.07) is 2.76. The number of likely N-dealkylation sites (tertiary alicyclic amines) is 1. The number of amides is 2. The summed E-state index contributed by atoms with van der Waals surface area (Å²) in [5.41, 5.74) is -0.925. The number of ether oxygens (including phenoxy) is 1. The second-order valence-electron chi connectivity index (χ2n) is 6.37. The smallest absolute Gasteiger partial charge is 0.311 e. The molecule has 0 bridgehead atoms. The number of rotatable bonds is 4. The second-order valence-corrected chi connectivity index (χ2v) is 7.32. The number of carbonyl (C=O) groups is 3. The van der Waals surface area contributed by atoms with Gasteiger partial charge in [0.2, 0.25) is 5.91 Å². The Labute approximate surface area is 143 Å². The van der Waals surface area contributed by atoms with Gasteiger partial charge in [0.15, 0.2) is 0 Å². The van der Waals surface area contributed by atoms with Crippen LogP contribution in [0.15, 0.2) is 17.5 Å². The molecule has 2 fully saturated rings. The van der Waals surface area contributed by atoms with Gasteiger partial charge in [0, 0.05) is 25.6 Å². The highest BCUT2D eigenvalue weighted by Gasteiger charge is 2.55. The first-order valence-electron chi connectivity index (χ1n) is 7.88. The van der Waals surface area contributed by atoms with Gasteiger partial charge in [-0.2, -0.15) is 0 Å². The number of carbonyl (C=O) groups excluding carboxylic acids is 2. The van der Waals surface area contributed by atoms with E-state index in [2.05, 4.69) is 5.32 Å². The number of hydrogen-bond acceptors (Lipinski definition) is 5. The summed E-state index contributed by atoms with van der Waals surface area (Å²) in [7, 11) is 0. The number of fused-ring (bicyclic) bond motifs is 1. The SMILES string of the molecule is CC(NC(=O)c1cccs1)C(=O)N1C[C@H]2COCC[C@@]2(C(=O)O)C1. The summed E-state index contributed by atoms with van der Waals surface area (Å²) in [5.74, 6) is -1.62. The predicted molar refractivity (Wildman–Crippen MR) is 86.8 cm³/mol. The van der Waals surface area contributed by atoms with E-state index < -0.39 is 17.4 Å². The van der Waals surface area contributed by atoms with Gasteiger partial charge in [0.05, 0.1) is 16.9 Å². The van der Waals surface area contributed by atoms with E-state index in [9.17, 15) is 19.5 Å². The highest BCUT2D eigenvalue weighted by molar-refractivity contribution is 7.12. The lowest BCUT2D eigenvalue weighted by Gasteiger charge is -2.33. The summed E-state index contributed by atoms with van der Waals surface area (Å²) in [6.45, 7) is 2.90. The molecule has 2 saturated heterocycles. The van der Waals surface area contributed by atoms with Gasteiger partial charge in [0.1, 0.15) is 6.04 Å². The molecule has 0 aliphatic carbocycles. The first-order valence-corrected chi connectivity index (χ1v) is 8.76. The average Bonchev–Trinajstić information content (AvgIpc) is 3.21. The van der Waals surface area contributed by atoms with Gasteiger partial charge in [-0.3, -0.25) is 14.4 Å². The van der Waals surface area contributed by atoms with Gasteiger partial charge >= 0.3 is 5.97 Å². The monoisotopic (exact) mass is 352 g/mol. The first kappa shape index (κ1) is 16.9. The molecule has 3 rings (SSSR count). The van der Waals surface area contributed by atoms with Crippen molar-refractivity contribution < 1.29 is 24.2 Å². The minimum atomic E-state index is -0.925. The fraction of sp³-hybridized carbons (Fsp3) is 0.562. The van der Waals surface area contributed by atoms with Crippen LogP contribution >= 0.6 is 11.3 Å². The lowest BCUT2D eigenvalue weighted by molar-refractivity contribution is -0.157. The van der Waals surface area contributed by atoms with Crippen LogP contribution in [0.2, 0.25) is 0 Å². The molecule has 3 atom stereocenters. The normalized spacial score (nSPS) is 27.4. The van der Waals surface area contributed by atoms with Crippen molar-refractivity contribution in [1.82, 2.24) is 10.2 Å². The van der Waals surface area contributed by atoms with Crippen molar-refractivity contribution in [2.75, 3.05) is 26.3 Å². The van der Waals surface area contributed by atoms with E-state index in [4.69, 9.17) is 4.74 Å². The number of thiophene rings is 1. The highest BCUT2D eigenvalue weighted by Crippen LogP contribution is 2.42. The maximum absolute atomic E-state index is 12.6. The van der Waals surface area contributed by atoms with E-state index in [0.717, 1.165) is 0 Å². The molecule has 7 nitrogen and oxygen atoms in total. The molecule has 2 aliphatic rings. The molecule has 0 spiro atoms. The lowest BCUT2D eigenvalue weighted by atomic mass is 9.74. The summed E-state index contributed by atoms with van der Waals surface area (Å²) < 4.78 is 5.39. The topological polar surface area (TPSA) is 95.9 Å². The maximum Gasteiger partial charge on any atom is 0.311 e. The van der Waals surface area contributed by atoms with Crippen LogP contribution in [0.3, 0.4) is 0 Å². The van der Waals surface area contributed by atoms with E-state index >= 15 is 0 Å². The average molecular weight is 352 g/mol. The number of carboxylic acids is 1. The van der Waals surface area contributed by atoms with E-state index in [1.165, 1.54) is 11.3 Å². The van der Waals surface area contributed by atoms with Crippen LogP contribution in [0, 0.1) is 11.3 Å². The van der Waals surface area contributed by atoms with Crippen LogP contribution < -0.4 is 5.32 Å². The van der Waals surface area contributed by atoms with E-state index in [1.54, 1.807) is 29.3 Å². The standard InChI is InChI=1S/C16H20N2O5S/c1-10(17-13(19)12-3-2-6-24-12)14(20)18-7-11-8-23-5-4-16(11,9-18)15(21)22/h2-3,6,10-11H,4-5,7-9H2,1H3,(H,17,19)(H,21,22)/t10?,11-,16+/m0/s1. The van der Waals surface area contributed by atoms with Gasteiger partial charge in [-0.15, -0.1) is 11.3 Å². The van der Waals surface area contributed by atoms with Crippen LogP contribution in [0.1, 0.15) is 23.0 Å². The largest absolute Gasteiger partial charge is 0.481 e. The zero-order valence-electron chi connectivity index (χ0n) is 13.4. The van der Waals surface area contributed by atoms with Crippen molar-refractivity contribution in [3.8, 4) is 0 Å². The Balaban J connectivity index is 1.67. The van der Waals surface area contributed by atoms with Crippen molar-refractivity contribution in [2.24, 2.45) is 11.3 Å². The molecule has 1 aromatic rings. The summed E-state index contributed by atoms with van der Waals surface area (Å²) in [5, 5.41) is 14.1. The number of nitrogens with zero attached hydrogens (tertiary/aromatic N) is 1. The lowest BCUT2D eigenvalue weighted by Crippen LogP contribution is -2.47. The quantitative estimate of drug-likeness (QED) is 0.836. The summed E-state index contributed by atoms with van der Waals surface area (Å²) in [6.07, 6.45) is 0.409. The van der Waals surface area contributed by atoms with Crippen molar-refractivity contribution in [3.63, 3.8) is 0 Å². The summed E-state index contributed by atoms with van der Waals surface area (Å²) in [4.78, 5) is 38.6. The van der Waals surface area contributed by atoms with Crippen LogP contribution in [0.4, 0.5) is 0 Å². The number of nitrogens with one attached hydrogen (secondary N) is 1. The van der Waals surface area contributed by atoms with Gasteiger partial charge in [-0.05, 0) is 24.8 Å². The minimum absolute atomic E-state index is 0.175. The zero-order chi connectivity index (χ0) is 17.3. The number of aliphatic carboxylic acids is 1. The Kier molecular flexibility index (Phi) is 4.60. The summed E-state index contributed by atoms with van der Waals surface area (Å²) >= 11 is 1.31. The van der Waals surface area contributed by atoms with Gasteiger partial charge < -0.3 is 20.1 Å². The van der Waals surface area contributed by atoms with Crippen molar-refractivity contribution in [2.45, 2.75) is 19.4 Å². The Morgan fingerprint density at radius 3 is 2.92 bits per heavy atom. The van der Waals surface area contributed by atoms with Crippen LogP contribution in [-0.2, 0) is 14.3 Å². The fourth-order valence-electron chi connectivity index (χ4n) is 3.48. The van der Waals surface area contributed by atoms with Crippen LogP contribution in [-0.4, -0.2) is 60.1 Å². The van der Waals surface area contributed by atoms with Gasteiger partial charge in [0.25, 0.3) is 5.91 Å². The zero-order valence-corrected chi connectivity index (χ0v) is 14.2. The molecule has 2 aliphatic heterocycles. The van der Waals surface area contributed by atoms with E-state index in [-0.39, 0.29) is 24.3 Å². The van der Waals surface area contributed by atoms with E-state index in [1.807, 2.05) is 0 Å². The molecular formula is C16H20N2O5S. The van der Waals surface area contributed by atoms with Crippen molar-refractivity contribution in [1.29, 1.82) is 0 Å². The molecule has 2 N–H and O–H groups in total. The predicted octanol–water partition coefficient (Wildman–Crippen LogP) is 0.816. The molecule has 0 radical (unpaired) electrons. The molecule has 24 heavy (non-hydrogen) atoms. The fourth-order valence-corrected chi connectivity index (χ4v) is 4.11. The third-order valence-corrected chi connectivity index (χ3v) is 5.78. The highest BCUT2D eigenvalue weighted by atomic mass is 32.1. The van der Waals surface area contributed by atoms with Crippen molar-refractivity contribution >= 4 is 29.1 Å². The first-order chi connectivity index (χ1) is 11.4. The molecule has 1 aromatic heterocycles.